The summed E-state index contributed by atoms with van der Waals surface area (Å²) in [6.45, 7) is 1.50. The summed E-state index contributed by atoms with van der Waals surface area (Å²) in [6, 6.07) is 24.9. The van der Waals surface area contributed by atoms with Crippen molar-refractivity contribution in [2.45, 2.75) is 6.92 Å². The first-order valence-corrected chi connectivity index (χ1v) is 10.7. The van der Waals surface area contributed by atoms with Crippen LogP contribution in [-0.2, 0) is 9.63 Å². The molecule has 32 heavy (non-hydrogen) atoms. The van der Waals surface area contributed by atoms with Crippen LogP contribution in [0, 0.1) is 11.3 Å². The minimum absolute atomic E-state index is 0.0813. The van der Waals surface area contributed by atoms with Crippen molar-refractivity contribution in [3.05, 3.63) is 88.6 Å². The third-order valence-electron chi connectivity index (χ3n) is 4.65. The van der Waals surface area contributed by atoms with Crippen molar-refractivity contribution in [3.8, 4) is 28.5 Å². The van der Waals surface area contributed by atoms with Crippen LogP contribution in [0.2, 0.25) is 0 Å². The molecule has 7 heteroatoms. The molecule has 0 aliphatic heterocycles. The SMILES string of the molecule is C/C(=N\OCC(=O)Nc1oc(-c2ccccc2)c(-c2ccccc2)c1C#N)c1cccs1. The third-order valence-corrected chi connectivity index (χ3v) is 5.62. The van der Waals surface area contributed by atoms with E-state index in [0.29, 0.717) is 17.0 Å². The van der Waals surface area contributed by atoms with Gasteiger partial charge in [0.25, 0.3) is 5.91 Å². The molecule has 0 saturated heterocycles. The zero-order valence-corrected chi connectivity index (χ0v) is 18.1. The lowest BCUT2D eigenvalue weighted by molar-refractivity contribution is -0.120. The highest BCUT2D eigenvalue weighted by atomic mass is 32.1. The van der Waals surface area contributed by atoms with Crippen LogP contribution >= 0.6 is 11.3 Å². The van der Waals surface area contributed by atoms with Crippen LogP contribution in [0.1, 0.15) is 17.4 Å². The fourth-order valence-electron chi connectivity index (χ4n) is 3.18. The van der Waals surface area contributed by atoms with Crippen LogP contribution in [0.15, 0.2) is 87.7 Å². The van der Waals surface area contributed by atoms with Gasteiger partial charge in [0.2, 0.25) is 5.88 Å². The fraction of sp³-hybridized carbons (Fsp3) is 0.0800. The van der Waals surface area contributed by atoms with Gasteiger partial charge >= 0.3 is 0 Å². The lowest BCUT2D eigenvalue weighted by Crippen LogP contribution is -2.17. The third kappa shape index (κ3) is 4.61. The molecule has 0 spiro atoms. The highest BCUT2D eigenvalue weighted by Crippen LogP contribution is 2.41. The standard InChI is InChI=1S/C25H19N3O3S/c1-17(21-13-8-14-32-21)28-30-16-22(29)27-25-20(15-26)23(18-9-4-2-5-10-18)24(31-25)19-11-6-3-7-12-19/h2-14H,16H2,1H3,(H,27,29)/b28-17+. The summed E-state index contributed by atoms with van der Waals surface area (Å²) >= 11 is 1.54. The first kappa shape index (κ1) is 21.1. The number of hydrogen-bond acceptors (Lipinski definition) is 6. The van der Waals surface area contributed by atoms with Crippen molar-refractivity contribution < 1.29 is 14.0 Å². The van der Waals surface area contributed by atoms with Gasteiger partial charge in [-0.25, -0.2) is 0 Å². The van der Waals surface area contributed by atoms with E-state index in [-0.39, 0.29) is 18.1 Å². The number of carbonyl (C=O) groups is 1. The van der Waals surface area contributed by atoms with E-state index >= 15 is 0 Å². The molecule has 2 aromatic heterocycles. The van der Waals surface area contributed by atoms with E-state index in [1.165, 1.54) is 11.3 Å². The molecule has 1 N–H and O–H groups in total. The molecule has 2 aromatic carbocycles. The fourth-order valence-corrected chi connectivity index (χ4v) is 3.85. The highest BCUT2D eigenvalue weighted by Gasteiger charge is 2.24. The van der Waals surface area contributed by atoms with Crippen molar-refractivity contribution in [3.63, 3.8) is 0 Å². The first-order valence-electron chi connectivity index (χ1n) is 9.85. The van der Waals surface area contributed by atoms with Crippen molar-refractivity contribution >= 4 is 28.8 Å². The number of nitrogens with zero attached hydrogens (tertiary/aromatic N) is 2. The average molecular weight is 442 g/mol. The van der Waals surface area contributed by atoms with Gasteiger partial charge in [-0.15, -0.1) is 11.3 Å². The molecule has 0 saturated carbocycles. The monoisotopic (exact) mass is 441 g/mol. The number of nitriles is 1. The Hall–Kier alpha value is -4.15. The predicted octanol–water partition coefficient (Wildman–Crippen LogP) is 5.93. The summed E-state index contributed by atoms with van der Waals surface area (Å²) in [7, 11) is 0. The Kier molecular flexibility index (Phi) is 6.44. The van der Waals surface area contributed by atoms with Crippen molar-refractivity contribution in [1.29, 1.82) is 5.26 Å². The van der Waals surface area contributed by atoms with Crippen molar-refractivity contribution in [2.24, 2.45) is 5.16 Å². The van der Waals surface area contributed by atoms with Gasteiger partial charge in [0.1, 0.15) is 17.4 Å². The van der Waals surface area contributed by atoms with E-state index in [1.54, 1.807) is 0 Å². The van der Waals surface area contributed by atoms with Crippen LogP contribution in [0.4, 0.5) is 5.88 Å². The van der Waals surface area contributed by atoms with E-state index in [1.807, 2.05) is 85.1 Å². The lowest BCUT2D eigenvalue weighted by Gasteiger charge is -2.03. The Morgan fingerprint density at radius 3 is 2.38 bits per heavy atom. The second-order valence-electron chi connectivity index (χ2n) is 6.83. The molecule has 1 amide bonds. The smallest absolute Gasteiger partial charge is 0.267 e. The van der Waals surface area contributed by atoms with Gasteiger partial charge in [0, 0.05) is 11.1 Å². The maximum atomic E-state index is 12.5. The van der Waals surface area contributed by atoms with E-state index in [0.717, 1.165) is 16.0 Å². The number of benzene rings is 2. The molecule has 0 unspecified atom stereocenters. The van der Waals surface area contributed by atoms with Gasteiger partial charge in [-0.1, -0.05) is 71.9 Å². The van der Waals surface area contributed by atoms with Crippen LogP contribution in [0.3, 0.4) is 0 Å². The zero-order chi connectivity index (χ0) is 22.3. The van der Waals surface area contributed by atoms with Gasteiger partial charge in [-0.2, -0.15) is 5.26 Å². The molecule has 0 aliphatic rings. The molecular formula is C25H19N3O3S. The Labute approximate surface area is 189 Å². The molecule has 2 heterocycles. The molecule has 158 valence electrons. The molecule has 0 bridgehead atoms. The quantitative estimate of drug-likeness (QED) is 0.285. The van der Waals surface area contributed by atoms with E-state index < -0.39 is 5.91 Å². The van der Waals surface area contributed by atoms with Crippen molar-refractivity contribution in [1.82, 2.24) is 0 Å². The zero-order valence-electron chi connectivity index (χ0n) is 17.2. The minimum atomic E-state index is -0.475. The predicted molar refractivity (Wildman–Crippen MR) is 125 cm³/mol. The number of rotatable bonds is 7. The van der Waals surface area contributed by atoms with Crippen LogP contribution in [-0.4, -0.2) is 18.2 Å². The number of hydrogen-bond donors (Lipinski definition) is 1. The van der Waals surface area contributed by atoms with Gasteiger partial charge < -0.3 is 9.25 Å². The average Bonchev–Trinajstić information content (AvgIpc) is 3.48. The molecule has 4 aromatic rings. The maximum absolute atomic E-state index is 12.5. The van der Waals surface area contributed by atoms with E-state index in [4.69, 9.17) is 9.25 Å². The van der Waals surface area contributed by atoms with E-state index in [2.05, 4.69) is 16.5 Å². The summed E-state index contributed by atoms with van der Waals surface area (Å²) in [5, 5.41) is 18.4. The summed E-state index contributed by atoms with van der Waals surface area (Å²) in [6.07, 6.45) is 0. The summed E-state index contributed by atoms with van der Waals surface area (Å²) < 4.78 is 5.99. The second kappa shape index (κ2) is 9.77. The number of amides is 1. The number of oxime groups is 1. The number of furan rings is 1. The van der Waals surface area contributed by atoms with Crippen LogP contribution in [0.25, 0.3) is 22.5 Å². The minimum Gasteiger partial charge on any atom is -0.438 e. The molecule has 0 radical (unpaired) electrons. The second-order valence-corrected chi connectivity index (χ2v) is 7.78. The Morgan fingerprint density at radius 1 is 1.06 bits per heavy atom. The number of carbonyl (C=O) groups excluding carboxylic acids is 1. The van der Waals surface area contributed by atoms with Crippen molar-refractivity contribution in [2.75, 3.05) is 11.9 Å². The summed E-state index contributed by atoms with van der Waals surface area (Å²) in [5.41, 5.74) is 3.18. The lowest BCUT2D eigenvalue weighted by atomic mass is 9.98. The van der Waals surface area contributed by atoms with Gasteiger partial charge in [0.15, 0.2) is 6.61 Å². The molecular weight excluding hydrogens is 422 g/mol. The van der Waals surface area contributed by atoms with Gasteiger partial charge in [-0.3, -0.25) is 10.1 Å². The van der Waals surface area contributed by atoms with Gasteiger partial charge in [0.05, 0.1) is 10.6 Å². The first-order chi connectivity index (χ1) is 15.7. The topological polar surface area (TPSA) is 87.6 Å². The van der Waals surface area contributed by atoms with E-state index in [9.17, 15) is 10.1 Å². The molecule has 0 aliphatic carbocycles. The van der Waals surface area contributed by atoms with Gasteiger partial charge in [-0.05, 0) is 23.9 Å². The molecule has 0 atom stereocenters. The van der Waals surface area contributed by atoms with Crippen LogP contribution in [0.5, 0.6) is 0 Å². The highest BCUT2D eigenvalue weighted by molar-refractivity contribution is 7.12. The van der Waals surface area contributed by atoms with Crippen LogP contribution < -0.4 is 5.32 Å². The number of nitrogens with one attached hydrogen (secondary N) is 1. The molecule has 6 nitrogen and oxygen atoms in total. The Bertz CT molecular complexity index is 1270. The Balaban J connectivity index is 1.60. The largest absolute Gasteiger partial charge is 0.438 e. The molecule has 4 rings (SSSR count). The normalized spacial score (nSPS) is 11.1. The number of anilines is 1. The Morgan fingerprint density at radius 2 is 1.75 bits per heavy atom. The maximum Gasteiger partial charge on any atom is 0.267 e. The summed E-state index contributed by atoms with van der Waals surface area (Å²) in [5.74, 6) is 0.117. The summed E-state index contributed by atoms with van der Waals surface area (Å²) in [4.78, 5) is 18.6. The molecule has 0 fully saturated rings. The number of thiophene rings is 1.